The average molecular weight is 411 g/mol. The van der Waals surface area contributed by atoms with Crippen molar-refractivity contribution in [2.24, 2.45) is 5.92 Å². The van der Waals surface area contributed by atoms with Crippen LogP contribution in [-0.2, 0) is 4.79 Å². The van der Waals surface area contributed by atoms with E-state index in [4.69, 9.17) is 0 Å². The fourth-order valence-electron chi connectivity index (χ4n) is 3.44. The molecule has 0 spiro atoms. The van der Waals surface area contributed by atoms with Crippen LogP contribution in [-0.4, -0.2) is 35.6 Å². The van der Waals surface area contributed by atoms with Crippen LogP contribution in [0, 0.1) is 19.8 Å². The maximum absolute atomic E-state index is 11.2. The highest BCUT2D eigenvalue weighted by Gasteiger charge is 2.24. The Morgan fingerprint density at radius 3 is 2.35 bits per heavy atom. The van der Waals surface area contributed by atoms with Crippen molar-refractivity contribution >= 4 is 34.2 Å². The third-order valence-corrected chi connectivity index (χ3v) is 6.96. The molecule has 1 unspecified atom stereocenters. The molecule has 0 aliphatic carbocycles. The van der Waals surface area contributed by atoms with Crippen molar-refractivity contribution in [1.82, 2.24) is 4.90 Å². The van der Waals surface area contributed by atoms with Gasteiger partial charge in [0, 0.05) is 28.4 Å². The molecule has 1 N–H and O–H groups in total. The maximum Gasteiger partial charge on any atom is 0.307 e. The molecule has 0 amide bonds. The van der Waals surface area contributed by atoms with Gasteiger partial charge in [0.2, 0.25) is 0 Å². The molecule has 2 aromatic rings. The summed E-state index contributed by atoms with van der Waals surface area (Å²) in [5.74, 6) is -0.847. The van der Waals surface area contributed by atoms with Gasteiger partial charge in [-0.1, -0.05) is 6.08 Å². The van der Waals surface area contributed by atoms with E-state index in [2.05, 4.69) is 47.7 Å². The monoisotopic (exact) mass is 410 g/mol. The number of likely N-dealkylation sites (tertiary alicyclic amines) is 1. The summed E-state index contributed by atoms with van der Waals surface area (Å²) in [4.78, 5) is 16.2. The third kappa shape index (κ3) is 4.97. The second kappa shape index (κ2) is 9.70. The quantitative estimate of drug-likeness (QED) is 0.792. The molecule has 3 rings (SSSR count). The molecule has 1 aliphatic rings. The highest BCUT2D eigenvalue weighted by molar-refractivity contribution is 7.14. The number of carboxylic acid groups (broad SMARTS) is 1. The van der Waals surface area contributed by atoms with E-state index < -0.39 is 5.97 Å². The predicted octanol–water partition coefficient (Wildman–Crippen LogP) is 2.05. The summed E-state index contributed by atoms with van der Waals surface area (Å²) in [6.45, 7) is 6.98. The van der Waals surface area contributed by atoms with Crippen molar-refractivity contribution in [2.75, 3.05) is 19.6 Å². The minimum atomic E-state index is -0.649. The lowest BCUT2D eigenvalue weighted by Crippen LogP contribution is -3.00. The van der Waals surface area contributed by atoms with Crippen LogP contribution >= 0.6 is 22.7 Å². The first-order valence-electron chi connectivity index (χ1n) is 8.80. The second-order valence-electron chi connectivity index (χ2n) is 6.75. The number of nitrogens with zero attached hydrogens (tertiary/aromatic N) is 1. The van der Waals surface area contributed by atoms with Crippen molar-refractivity contribution in [1.29, 1.82) is 0 Å². The van der Waals surface area contributed by atoms with Gasteiger partial charge in [-0.25, -0.2) is 0 Å². The SMILES string of the molecule is Cc1ccsc1C(=CCCN1CCCC(C(=O)O)C1)c1sccc1C.[Cl-]. The van der Waals surface area contributed by atoms with E-state index in [1.807, 2.05) is 0 Å². The Labute approximate surface area is 169 Å². The molecule has 3 heterocycles. The second-order valence-corrected chi connectivity index (χ2v) is 8.58. The van der Waals surface area contributed by atoms with Crippen LogP contribution in [0.4, 0.5) is 0 Å². The predicted molar refractivity (Wildman–Crippen MR) is 107 cm³/mol. The van der Waals surface area contributed by atoms with Crippen molar-refractivity contribution < 1.29 is 22.3 Å². The highest BCUT2D eigenvalue weighted by Crippen LogP contribution is 2.35. The van der Waals surface area contributed by atoms with Gasteiger partial charge in [0.25, 0.3) is 0 Å². The molecule has 0 aromatic carbocycles. The normalized spacial score (nSPS) is 17.5. The minimum Gasteiger partial charge on any atom is -1.00 e. The van der Waals surface area contributed by atoms with Crippen LogP contribution in [0.3, 0.4) is 0 Å². The molecule has 3 nitrogen and oxygen atoms in total. The first-order valence-corrected chi connectivity index (χ1v) is 10.6. The van der Waals surface area contributed by atoms with E-state index in [1.54, 1.807) is 22.7 Å². The van der Waals surface area contributed by atoms with E-state index in [1.165, 1.54) is 26.5 Å². The third-order valence-electron chi connectivity index (χ3n) is 4.86. The van der Waals surface area contributed by atoms with Gasteiger partial charge in [-0.15, -0.1) is 22.7 Å². The smallest absolute Gasteiger partial charge is 0.307 e. The lowest BCUT2D eigenvalue weighted by molar-refractivity contribution is -0.143. The standard InChI is InChI=1S/C20H25NO2S2.ClH/c1-14-7-11-24-18(14)17(19-15(2)8-12-25-19)6-4-10-21-9-3-5-16(13-21)20(22)23;/h6-8,11-12,16H,3-5,9-10,13H2,1-2H3,(H,22,23);1H/p-1. The first kappa shape index (κ1) is 21.2. The van der Waals surface area contributed by atoms with E-state index >= 15 is 0 Å². The van der Waals surface area contributed by atoms with Gasteiger partial charge in [0.05, 0.1) is 5.92 Å². The van der Waals surface area contributed by atoms with Crippen molar-refractivity contribution in [3.05, 3.63) is 49.9 Å². The molecule has 142 valence electrons. The number of aryl methyl sites for hydroxylation is 2. The number of thiophene rings is 2. The number of rotatable bonds is 6. The van der Waals surface area contributed by atoms with Crippen molar-refractivity contribution in [3.8, 4) is 0 Å². The zero-order valence-electron chi connectivity index (χ0n) is 15.2. The zero-order chi connectivity index (χ0) is 17.8. The Kier molecular flexibility index (Phi) is 7.89. The Morgan fingerprint density at radius 2 is 1.85 bits per heavy atom. The molecule has 1 atom stereocenters. The Hall–Kier alpha value is -1.14. The summed E-state index contributed by atoms with van der Waals surface area (Å²) >= 11 is 3.60. The van der Waals surface area contributed by atoms with Gasteiger partial charge in [-0.2, -0.15) is 0 Å². The Balaban J connectivity index is 0.00000243. The van der Waals surface area contributed by atoms with Gasteiger partial charge in [-0.3, -0.25) is 4.79 Å². The number of halogens is 1. The molecule has 0 bridgehead atoms. The lowest BCUT2D eigenvalue weighted by Gasteiger charge is -2.30. The molecule has 0 saturated carbocycles. The van der Waals surface area contributed by atoms with Gasteiger partial charge in [0.15, 0.2) is 0 Å². The number of hydrogen-bond donors (Lipinski definition) is 1. The van der Waals surface area contributed by atoms with Crippen molar-refractivity contribution in [2.45, 2.75) is 33.1 Å². The van der Waals surface area contributed by atoms with Crippen LogP contribution < -0.4 is 12.4 Å². The summed E-state index contributed by atoms with van der Waals surface area (Å²) in [6.07, 6.45) is 5.11. The summed E-state index contributed by atoms with van der Waals surface area (Å²) in [5, 5.41) is 13.6. The molecule has 1 aliphatic heterocycles. The van der Waals surface area contributed by atoms with Gasteiger partial charge >= 0.3 is 5.97 Å². The minimum absolute atomic E-state index is 0. The average Bonchev–Trinajstić information content (AvgIpc) is 3.21. The van der Waals surface area contributed by atoms with Crippen LogP contribution in [0.2, 0.25) is 0 Å². The highest BCUT2D eigenvalue weighted by atomic mass is 35.5. The molecule has 1 saturated heterocycles. The van der Waals surface area contributed by atoms with Crippen LogP contribution in [0.15, 0.2) is 29.0 Å². The molecule has 1 fully saturated rings. The molecule has 6 heteroatoms. The van der Waals surface area contributed by atoms with Gasteiger partial charge in [-0.05, 0) is 73.7 Å². The maximum atomic E-state index is 11.2. The summed E-state index contributed by atoms with van der Waals surface area (Å²) in [5.41, 5.74) is 3.99. The van der Waals surface area contributed by atoms with Crippen LogP contribution in [0.25, 0.3) is 5.57 Å². The lowest BCUT2D eigenvalue weighted by atomic mass is 9.98. The topological polar surface area (TPSA) is 40.5 Å². The number of carboxylic acids is 1. The largest absolute Gasteiger partial charge is 1.00 e. The molecule has 2 aromatic heterocycles. The fourth-order valence-corrected chi connectivity index (χ4v) is 5.45. The Bertz CT molecular complexity index is 723. The van der Waals surface area contributed by atoms with E-state index in [9.17, 15) is 9.90 Å². The molecular weight excluding hydrogens is 386 g/mol. The van der Waals surface area contributed by atoms with Crippen LogP contribution in [0.5, 0.6) is 0 Å². The molecule has 26 heavy (non-hydrogen) atoms. The van der Waals surface area contributed by atoms with Crippen molar-refractivity contribution in [3.63, 3.8) is 0 Å². The zero-order valence-corrected chi connectivity index (χ0v) is 17.6. The van der Waals surface area contributed by atoms with Gasteiger partial charge in [0.1, 0.15) is 0 Å². The summed E-state index contributed by atoms with van der Waals surface area (Å²) in [7, 11) is 0. The number of carbonyl (C=O) groups is 1. The number of hydrogen-bond acceptors (Lipinski definition) is 4. The first-order chi connectivity index (χ1) is 12.1. The molecular formula is C20H25ClNO2S2-. The fraction of sp³-hybridized carbons (Fsp3) is 0.450. The Morgan fingerprint density at radius 1 is 1.23 bits per heavy atom. The van der Waals surface area contributed by atoms with E-state index in [-0.39, 0.29) is 18.3 Å². The summed E-state index contributed by atoms with van der Waals surface area (Å²) < 4.78 is 0. The number of aliphatic carboxylic acids is 1. The van der Waals surface area contributed by atoms with E-state index in [0.29, 0.717) is 6.54 Å². The number of piperidine rings is 1. The van der Waals surface area contributed by atoms with Crippen LogP contribution in [0.1, 0.15) is 40.1 Å². The summed E-state index contributed by atoms with van der Waals surface area (Å²) in [6, 6.07) is 4.36. The van der Waals surface area contributed by atoms with E-state index in [0.717, 1.165) is 32.4 Å². The van der Waals surface area contributed by atoms with Gasteiger partial charge < -0.3 is 22.4 Å². The molecule has 0 radical (unpaired) electrons.